The van der Waals surface area contributed by atoms with Gasteiger partial charge in [-0.05, 0) is 12.1 Å². The van der Waals surface area contributed by atoms with Crippen LogP contribution in [0.15, 0.2) is 36.5 Å². The lowest BCUT2D eigenvalue weighted by molar-refractivity contribution is -0.139. The van der Waals surface area contributed by atoms with Gasteiger partial charge in [0.1, 0.15) is 29.0 Å². The van der Waals surface area contributed by atoms with Crippen molar-refractivity contribution in [3.63, 3.8) is 0 Å². The van der Waals surface area contributed by atoms with E-state index in [0.717, 1.165) is 6.20 Å². The van der Waals surface area contributed by atoms with Crippen molar-refractivity contribution in [2.24, 2.45) is 0 Å². The van der Waals surface area contributed by atoms with Gasteiger partial charge in [0, 0.05) is 11.1 Å². The number of carbonyl (C=O) groups excluding carboxylic acids is 1. The van der Waals surface area contributed by atoms with E-state index in [9.17, 15) is 13.6 Å². The number of benzene rings is 1. The van der Waals surface area contributed by atoms with E-state index < -0.39 is 17.6 Å². The third kappa shape index (κ3) is 3.84. The van der Waals surface area contributed by atoms with E-state index in [4.69, 9.17) is 11.5 Å². The fraction of sp³-hybridized carbons (Fsp3) is 0.150. The lowest BCUT2D eigenvalue weighted by atomic mass is 10.2. The van der Waals surface area contributed by atoms with Crippen molar-refractivity contribution in [2.75, 3.05) is 18.6 Å². The first-order valence-corrected chi connectivity index (χ1v) is 9.12. The Morgan fingerprint density at radius 2 is 1.87 bits per heavy atom. The predicted molar refractivity (Wildman–Crippen MR) is 109 cm³/mol. The maximum Gasteiger partial charge on any atom is 0.310 e. The maximum absolute atomic E-state index is 14.1. The average molecular weight is 425 g/mol. The molecule has 0 spiro atoms. The van der Waals surface area contributed by atoms with Gasteiger partial charge in [0.05, 0.1) is 31.7 Å². The molecule has 0 unspecified atom stereocenters. The van der Waals surface area contributed by atoms with Crippen LogP contribution in [0.3, 0.4) is 0 Å². The number of halogens is 2. The van der Waals surface area contributed by atoms with E-state index in [-0.39, 0.29) is 41.7 Å². The van der Waals surface area contributed by atoms with Crippen LogP contribution < -0.4 is 11.5 Å². The Labute approximate surface area is 174 Å². The quantitative estimate of drug-likeness (QED) is 0.464. The zero-order valence-corrected chi connectivity index (χ0v) is 16.3. The van der Waals surface area contributed by atoms with Gasteiger partial charge in [0.25, 0.3) is 0 Å². The number of nitrogens with zero attached hydrogens (tertiary/aromatic N) is 5. The number of anilines is 2. The van der Waals surface area contributed by atoms with Gasteiger partial charge in [-0.25, -0.2) is 28.4 Å². The number of hydrogen-bond acceptors (Lipinski definition) is 8. The van der Waals surface area contributed by atoms with Gasteiger partial charge in [-0.1, -0.05) is 18.2 Å². The van der Waals surface area contributed by atoms with Gasteiger partial charge in [-0.15, -0.1) is 0 Å². The largest absolute Gasteiger partial charge is 0.469 e. The number of methoxy groups -OCH3 is 1. The standard InChI is InChI=1S/C20H17F2N7O2/c1-31-15(30)7-13-17(23)26-19(27-18(13)24)16-12-6-11(21)8-25-20(12)29(28-16)9-10-4-2-3-5-14(10)22/h2-6,8H,7,9H2,1H3,(H4,23,24,26,27). The lowest BCUT2D eigenvalue weighted by Crippen LogP contribution is -2.13. The summed E-state index contributed by atoms with van der Waals surface area (Å²) < 4.78 is 34.1. The molecule has 0 saturated heterocycles. The fourth-order valence-electron chi connectivity index (χ4n) is 3.12. The van der Waals surface area contributed by atoms with E-state index in [0.29, 0.717) is 16.6 Å². The molecule has 0 saturated carbocycles. The van der Waals surface area contributed by atoms with E-state index in [1.807, 2.05) is 0 Å². The molecule has 0 amide bonds. The summed E-state index contributed by atoms with van der Waals surface area (Å²) in [5.74, 6) is -1.61. The summed E-state index contributed by atoms with van der Waals surface area (Å²) in [5, 5.41) is 4.72. The zero-order chi connectivity index (χ0) is 22.1. The molecular formula is C20H17F2N7O2. The second-order valence-corrected chi connectivity index (χ2v) is 6.67. The number of aromatic nitrogens is 5. The molecule has 4 N–H and O–H groups in total. The molecule has 11 heteroatoms. The topological polar surface area (TPSA) is 135 Å². The summed E-state index contributed by atoms with van der Waals surface area (Å²) in [4.78, 5) is 24.0. The van der Waals surface area contributed by atoms with Gasteiger partial charge in [0.15, 0.2) is 11.5 Å². The molecule has 158 valence electrons. The Hall–Kier alpha value is -4.15. The number of fused-ring (bicyclic) bond motifs is 1. The molecule has 31 heavy (non-hydrogen) atoms. The number of nitrogens with two attached hydrogens (primary N) is 2. The summed E-state index contributed by atoms with van der Waals surface area (Å²) in [6.07, 6.45) is 0.835. The molecule has 0 bridgehead atoms. The van der Waals surface area contributed by atoms with Crippen molar-refractivity contribution in [3.05, 3.63) is 59.3 Å². The molecule has 0 aliphatic rings. The lowest BCUT2D eigenvalue weighted by Gasteiger charge is -2.08. The van der Waals surface area contributed by atoms with Crippen LogP contribution in [0.2, 0.25) is 0 Å². The van der Waals surface area contributed by atoms with Crippen molar-refractivity contribution >= 4 is 28.6 Å². The number of ether oxygens (including phenoxy) is 1. The van der Waals surface area contributed by atoms with Crippen LogP contribution in [0.1, 0.15) is 11.1 Å². The second-order valence-electron chi connectivity index (χ2n) is 6.67. The number of rotatable bonds is 5. The summed E-state index contributed by atoms with van der Waals surface area (Å²) in [7, 11) is 1.24. The molecule has 3 aromatic heterocycles. The summed E-state index contributed by atoms with van der Waals surface area (Å²) in [5.41, 5.74) is 13.0. The Morgan fingerprint density at radius 1 is 1.16 bits per heavy atom. The highest BCUT2D eigenvalue weighted by Gasteiger charge is 2.21. The third-order valence-electron chi connectivity index (χ3n) is 4.66. The minimum Gasteiger partial charge on any atom is -0.469 e. The van der Waals surface area contributed by atoms with Gasteiger partial charge in [0.2, 0.25) is 0 Å². The third-order valence-corrected chi connectivity index (χ3v) is 4.66. The molecule has 9 nitrogen and oxygen atoms in total. The number of carbonyl (C=O) groups is 1. The smallest absolute Gasteiger partial charge is 0.310 e. The van der Waals surface area contributed by atoms with E-state index in [1.54, 1.807) is 18.2 Å². The van der Waals surface area contributed by atoms with Crippen LogP contribution in [0.25, 0.3) is 22.6 Å². The number of hydrogen-bond donors (Lipinski definition) is 2. The highest BCUT2D eigenvalue weighted by atomic mass is 19.1. The highest BCUT2D eigenvalue weighted by molar-refractivity contribution is 5.90. The number of nitrogen functional groups attached to an aromatic ring is 2. The predicted octanol–water partition coefficient (Wildman–Crippen LogP) is 2.09. The van der Waals surface area contributed by atoms with Crippen LogP contribution in [-0.4, -0.2) is 37.8 Å². The van der Waals surface area contributed by atoms with E-state index in [2.05, 4.69) is 24.8 Å². The van der Waals surface area contributed by atoms with Crippen LogP contribution in [-0.2, 0) is 22.5 Å². The highest BCUT2D eigenvalue weighted by Crippen LogP contribution is 2.29. The molecule has 1 aromatic carbocycles. The molecule has 0 aliphatic heterocycles. The Balaban J connectivity index is 1.84. The van der Waals surface area contributed by atoms with Gasteiger partial charge >= 0.3 is 5.97 Å². The molecular weight excluding hydrogens is 408 g/mol. The minimum absolute atomic E-state index is 0.0216. The van der Waals surface area contributed by atoms with Crippen LogP contribution in [0.4, 0.5) is 20.4 Å². The van der Waals surface area contributed by atoms with Crippen LogP contribution >= 0.6 is 0 Å². The monoisotopic (exact) mass is 425 g/mol. The van der Waals surface area contributed by atoms with Crippen LogP contribution in [0.5, 0.6) is 0 Å². The van der Waals surface area contributed by atoms with Crippen molar-refractivity contribution in [2.45, 2.75) is 13.0 Å². The SMILES string of the molecule is COC(=O)Cc1c(N)nc(-c2nn(Cc3ccccc3F)c3ncc(F)cc23)nc1N. The summed E-state index contributed by atoms with van der Waals surface area (Å²) in [6, 6.07) is 7.44. The van der Waals surface area contributed by atoms with Gasteiger partial charge in [-0.3, -0.25) is 4.79 Å². The van der Waals surface area contributed by atoms with Crippen molar-refractivity contribution in [1.82, 2.24) is 24.7 Å². The van der Waals surface area contributed by atoms with Gasteiger partial charge < -0.3 is 16.2 Å². The second kappa shape index (κ2) is 7.94. The molecule has 0 fully saturated rings. The normalized spacial score (nSPS) is 11.1. The Bertz CT molecular complexity index is 1280. The van der Waals surface area contributed by atoms with Gasteiger partial charge in [-0.2, -0.15) is 5.10 Å². The van der Waals surface area contributed by atoms with Crippen LogP contribution in [0, 0.1) is 11.6 Å². The summed E-state index contributed by atoms with van der Waals surface area (Å²) >= 11 is 0. The first-order chi connectivity index (χ1) is 14.9. The molecule has 0 aliphatic carbocycles. The van der Waals surface area contributed by atoms with Crippen molar-refractivity contribution in [1.29, 1.82) is 0 Å². The Kier molecular flexibility index (Phi) is 5.15. The van der Waals surface area contributed by atoms with E-state index in [1.165, 1.54) is 23.9 Å². The fourth-order valence-corrected chi connectivity index (χ4v) is 3.12. The molecule has 3 heterocycles. The average Bonchev–Trinajstić information content (AvgIpc) is 3.09. The summed E-state index contributed by atoms with van der Waals surface area (Å²) in [6.45, 7) is 0.0488. The van der Waals surface area contributed by atoms with E-state index >= 15 is 0 Å². The minimum atomic E-state index is -0.595. The first kappa shape index (κ1) is 20.1. The number of pyridine rings is 1. The zero-order valence-electron chi connectivity index (χ0n) is 16.3. The first-order valence-electron chi connectivity index (χ1n) is 9.12. The maximum atomic E-state index is 14.1. The molecule has 0 atom stereocenters. The Morgan fingerprint density at radius 3 is 2.55 bits per heavy atom. The molecule has 4 aromatic rings. The van der Waals surface area contributed by atoms with Crippen molar-refractivity contribution < 1.29 is 18.3 Å². The number of esters is 1. The van der Waals surface area contributed by atoms with Crippen molar-refractivity contribution in [3.8, 4) is 11.5 Å². The molecule has 0 radical (unpaired) electrons. The molecule has 4 rings (SSSR count).